The number of imidazole rings is 1. The highest BCUT2D eigenvalue weighted by molar-refractivity contribution is 7.10. The third-order valence-electron chi connectivity index (χ3n) is 1.93. The van der Waals surface area contributed by atoms with Crippen molar-refractivity contribution in [1.82, 2.24) is 9.55 Å². The summed E-state index contributed by atoms with van der Waals surface area (Å²) in [5, 5.41) is 11.2. The van der Waals surface area contributed by atoms with Crippen molar-refractivity contribution < 1.29 is 5.11 Å². The minimum Gasteiger partial charge on any atom is -0.394 e. The van der Waals surface area contributed by atoms with E-state index in [2.05, 4.69) is 4.98 Å². The largest absolute Gasteiger partial charge is 0.394 e. The zero-order valence-electron chi connectivity index (χ0n) is 7.00. The van der Waals surface area contributed by atoms with Crippen LogP contribution >= 0.6 is 11.3 Å². The standard InChI is InChI=1S/C9H10N2OS/c12-6-8(9-2-1-5-13-9)11-4-3-10-7-11/h1-5,7-8,12H,6H2. The molecule has 68 valence electrons. The minimum atomic E-state index is 0.0162. The molecule has 0 spiro atoms. The van der Waals surface area contributed by atoms with Crippen molar-refractivity contribution >= 4 is 11.3 Å². The van der Waals surface area contributed by atoms with E-state index >= 15 is 0 Å². The van der Waals surface area contributed by atoms with E-state index in [4.69, 9.17) is 0 Å². The molecule has 0 radical (unpaired) electrons. The van der Waals surface area contributed by atoms with Gasteiger partial charge >= 0.3 is 0 Å². The van der Waals surface area contributed by atoms with Crippen LogP contribution in [0.1, 0.15) is 10.9 Å². The molecule has 3 nitrogen and oxygen atoms in total. The van der Waals surface area contributed by atoms with Crippen LogP contribution in [0.5, 0.6) is 0 Å². The van der Waals surface area contributed by atoms with Crippen molar-refractivity contribution in [2.75, 3.05) is 6.61 Å². The molecule has 0 aliphatic carbocycles. The Bertz CT molecular complexity index is 307. The van der Waals surface area contributed by atoms with Crippen molar-refractivity contribution in [2.45, 2.75) is 6.04 Å². The molecule has 0 aliphatic rings. The van der Waals surface area contributed by atoms with Crippen LogP contribution in [0.2, 0.25) is 0 Å². The van der Waals surface area contributed by atoms with Crippen LogP contribution in [-0.2, 0) is 0 Å². The average molecular weight is 194 g/mol. The molecule has 2 aromatic heterocycles. The van der Waals surface area contributed by atoms with E-state index in [1.807, 2.05) is 28.3 Å². The third-order valence-corrected chi connectivity index (χ3v) is 2.90. The summed E-state index contributed by atoms with van der Waals surface area (Å²) in [4.78, 5) is 5.11. The monoisotopic (exact) mass is 194 g/mol. The molecule has 0 bridgehead atoms. The molecule has 1 N–H and O–H groups in total. The number of aromatic nitrogens is 2. The van der Waals surface area contributed by atoms with Gasteiger partial charge < -0.3 is 9.67 Å². The number of aliphatic hydroxyl groups excluding tert-OH is 1. The minimum absolute atomic E-state index is 0.0162. The van der Waals surface area contributed by atoms with Crippen LogP contribution in [0.15, 0.2) is 36.2 Å². The highest BCUT2D eigenvalue weighted by Gasteiger charge is 2.11. The predicted octanol–water partition coefficient (Wildman–Crippen LogP) is 1.53. The van der Waals surface area contributed by atoms with Crippen LogP contribution in [0.4, 0.5) is 0 Å². The Kier molecular flexibility index (Phi) is 2.42. The molecular weight excluding hydrogens is 184 g/mol. The van der Waals surface area contributed by atoms with Crippen molar-refractivity contribution in [3.63, 3.8) is 0 Å². The first kappa shape index (κ1) is 8.47. The van der Waals surface area contributed by atoms with Gasteiger partial charge in [-0.05, 0) is 11.4 Å². The molecule has 2 heterocycles. The molecule has 1 atom stereocenters. The van der Waals surface area contributed by atoms with E-state index < -0.39 is 0 Å². The van der Waals surface area contributed by atoms with Gasteiger partial charge in [-0.3, -0.25) is 0 Å². The van der Waals surface area contributed by atoms with Gasteiger partial charge in [0.1, 0.15) is 0 Å². The van der Waals surface area contributed by atoms with Gasteiger partial charge in [-0.1, -0.05) is 6.07 Å². The Balaban J connectivity index is 2.29. The molecule has 0 fully saturated rings. The summed E-state index contributed by atoms with van der Waals surface area (Å²) in [5.41, 5.74) is 0. The van der Waals surface area contributed by atoms with E-state index in [1.54, 1.807) is 23.9 Å². The summed E-state index contributed by atoms with van der Waals surface area (Å²) in [6.07, 6.45) is 5.30. The molecular formula is C9H10N2OS. The first-order valence-corrected chi connectivity index (χ1v) is 4.91. The normalized spacial score (nSPS) is 13.0. The lowest BCUT2D eigenvalue weighted by Crippen LogP contribution is -2.11. The van der Waals surface area contributed by atoms with Crippen molar-refractivity contribution in [3.05, 3.63) is 41.1 Å². The Hall–Kier alpha value is -1.13. The summed E-state index contributed by atoms with van der Waals surface area (Å²) >= 11 is 1.65. The van der Waals surface area contributed by atoms with E-state index in [0.717, 1.165) is 4.88 Å². The van der Waals surface area contributed by atoms with Crippen molar-refractivity contribution in [1.29, 1.82) is 0 Å². The molecule has 0 saturated carbocycles. The highest BCUT2D eigenvalue weighted by Crippen LogP contribution is 2.21. The van der Waals surface area contributed by atoms with Crippen LogP contribution in [0.3, 0.4) is 0 Å². The van der Waals surface area contributed by atoms with Crippen LogP contribution < -0.4 is 0 Å². The van der Waals surface area contributed by atoms with E-state index in [-0.39, 0.29) is 12.6 Å². The van der Waals surface area contributed by atoms with E-state index in [9.17, 15) is 5.11 Å². The summed E-state index contributed by atoms with van der Waals surface area (Å²) in [7, 11) is 0. The number of rotatable bonds is 3. The third kappa shape index (κ3) is 1.64. The predicted molar refractivity (Wildman–Crippen MR) is 51.8 cm³/mol. The molecule has 13 heavy (non-hydrogen) atoms. The molecule has 0 aliphatic heterocycles. The molecule has 4 heteroatoms. The van der Waals surface area contributed by atoms with Gasteiger partial charge in [-0.15, -0.1) is 11.3 Å². The van der Waals surface area contributed by atoms with E-state index in [1.165, 1.54) is 0 Å². The Morgan fingerprint density at radius 2 is 2.54 bits per heavy atom. The Morgan fingerprint density at radius 1 is 1.62 bits per heavy atom. The van der Waals surface area contributed by atoms with Crippen LogP contribution in [0.25, 0.3) is 0 Å². The molecule has 0 saturated heterocycles. The van der Waals surface area contributed by atoms with Crippen LogP contribution in [-0.4, -0.2) is 21.3 Å². The second-order valence-electron chi connectivity index (χ2n) is 2.72. The summed E-state index contributed by atoms with van der Waals surface area (Å²) in [6.45, 7) is 0.108. The van der Waals surface area contributed by atoms with Gasteiger partial charge in [0.05, 0.1) is 19.0 Å². The number of aliphatic hydroxyl groups is 1. The first-order chi connectivity index (χ1) is 6.42. The maximum atomic E-state index is 9.23. The summed E-state index contributed by atoms with van der Waals surface area (Å²) in [6, 6.07) is 4.02. The topological polar surface area (TPSA) is 38.0 Å². The van der Waals surface area contributed by atoms with Gasteiger partial charge in [-0.25, -0.2) is 4.98 Å². The fraction of sp³-hybridized carbons (Fsp3) is 0.222. The van der Waals surface area contributed by atoms with Gasteiger partial charge in [0.2, 0.25) is 0 Å². The van der Waals surface area contributed by atoms with Crippen LogP contribution in [0, 0.1) is 0 Å². The molecule has 2 rings (SSSR count). The van der Waals surface area contributed by atoms with Gasteiger partial charge in [0.15, 0.2) is 0 Å². The molecule has 0 amide bonds. The second kappa shape index (κ2) is 3.72. The number of hydrogen-bond donors (Lipinski definition) is 1. The smallest absolute Gasteiger partial charge is 0.0952 e. The summed E-state index contributed by atoms with van der Waals surface area (Å²) in [5.74, 6) is 0. The van der Waals surface area contributed by atoms with Gasteiger partial charge in [0.25, 0.3) is 0 Å². The van der Waals surface area contributed by atoms with Gasteiger partial charge in [0, 0.05) is 17.3 Å². The fourth-order valence-electron chi connectivity index (χ4n) is 1.27. The number of nitrogens with zero attached hydrogens (tertiary/aromatic N) is 2. The zero-order valence-corrected chi connectivity index (χ0v) is 7.81. The Morgan fingerprint density at radius 3 is 3.08 bits per heavy atom. The molecule has 1 unspecified atom stereocenters. The van der Waals surface area contributed by atoms with Crippen molar-refractivity contribution in [2.24, 2.45) is 0 Å². The van der Waals surface area contributed by atoms with E-state index in [0.29, 0.717) is 0 Å². The maximum absolute atomic E-state index is 9.23. The highest BCUT2D eigenvalue weighted by atomic mass is 32.1. The maximum Gasteiger partial charge on any atom is 0.0952 e. The molecule has 0 aromatic carbocycles. The lowest BCUT2D eigenvalue weighted by molar-refractivity contribution is 0.251. The lowest BCUT2D eigenvalue weighted by atomic mass is 10.2. The quantitative estimate of drug-likeness (QED) is 0.804. The van der Waals surface area contributed by atoms with Crippen molar-refractivity contribution in [3.8, 4) is 0 Å². The number of thiophene rings is 1. The zero-order chi connectivity index (χ0) is 9.10. The fourth-order valence-corrected chi connectivity index (χ4v) is 2.09. The average Bonchev–Trinajstić information content (AvgIpc) is 2.76. The van der Waals surface area contributed by atoms with Gasteiger partial charge in [-0.2, -0.15) is 0 Å². The Labute approximate surface area is 80.3 Å². The first-order valence-electron chi connectivity index (χ1n) is 4.03. The SMILES string of the molecule is OCC(c1cccs1)n1ccnc1. The summed E-state index contributed by atoms with van der Waals surface area (Å²) < 4.78 is 1.91. The second-order valence-corrected chi connectivity index (χ2v) is 3.70. The lowest BCUT2D eigenvalue weighted by Gasteiger charge is -2.13. The number of hydrogen-bond acceptors (Lipinski definition) is 3. The molecule has 2 aromatic rings.